The Bertz CT molecular complexity index is 267. The Kier molecular flexibility index (Phi) is 2.61. The lowest BCUT2D eigenvalue weighted by atomic mass is 9.79. The summed E-state index contributed by atoms with van der Waals surface area (Å²) in [6, 6.07) is 11.3. The molecule has 0 aromatic heterocycles. The van der Waals surface area contributed by atoms with Gasteiger partial charge in [0.2, 0.25) is 0 Å². The van der Waals surface area contributed by atoms with E-state index in [0.29, 0.717) is 0 Å². The summed E-state index contributed by atoms with van der Waals surface area (Å²) >= 11 is 1.60. The highest BCUT2D eigenvalue weighted by Crippen LogP contribution is 2.52. The van der Waals surface area contributed by atoms with Crippen LogP contribution < -0.4 is 0 Å². The number of hydrogen-bond donors (Lipinski definition) is 0. The average molecular weight is 193 g/mol. The van der Waals surface area contributed by atoms with Crippen LogP contribution in [0.2, 0.25) is 0 Å². The molecule has 0 unspecified atom stereocenters. The van der Waals surface area contributed by atoms with Crippen molar-refractivity contribution < 1.29 is 4.18 Å². The van der Waals surface area contributed by atoms with E-state index >= 15 is 0 Å². The first-order valence-electron chi connectivity index (χ1n) is 4.56. The molecule has 1 fully saturated rings. The van der Waals surface area contributed by atoms with Gasteiger partial charge in [-0.1, -0.05) is 24.3 Å². The summed E-state index contributed by atoms with van der Waals surface area (Å²) in [6.07, 6.45) is 3.78. The fourth-order valence-electron chi connectivity index (χ4n) is 1.77. The van der Waals surface area contributed by atoms with Crippen LogP contribution in [0.5, 0.6) is 0 Å². The van der Waals surface area contributed by atoms with Crippen LogP contribution in [0.25, 0.3) is 0 Å². The zero-order valence-electron chi connectivity index (χ0n) is 7.75. The Labute approximate surface area is 83.7 Å². The van der Waals surface area contributed by atoms with Crippen molar-refractivity contribution in [2.75, 3.05) is 7.11 Å². The van der Waals surface area contributed by atoms with Gasteiger partial charge in [-0.05, 0) is 30.9 Å². The average Bonchev–Trinajstić information content (AvgIpc) is 2.13. The van der Waals surface area contributed by atoms with Gasteiger partial charge >= 0.3 is 0 Å². The molecule has 1 nitrogen and oxygen atoms in total. The number of hydrogen-bond acceptors (Lipinski definition) is 2. The SMILES string of the molecule is COSC1(c2cc[c]cc2)CCC1. The summed E-state index contributed by atoms with van der Waals surface area (Å²) in [4.78, 5) is 0. The van der Waals surface area contributed by atoms with Crippen molar-refractivity contribution in [1.82, 2.24) is 0 Å². The molecular weight excluding hydrogens is 180 g/mol. The van der Waals surface area contributed by atoms with Crippen molar-refractivity contribution in [3.05, 3.63) is 35.9 Å². The topological polar surface area (TPSA) is 9.23 Å². The summed E-state index contributed by atoms with van der Waals surface area (Å²) in [5, 5.41) is 0. The molecule has 2 heteroatoms. The fraction of sp³-hybridized carbons (Fsp3) is 0.455. The van der Waals surface area contributed by atoms with Crippen molar-refractivity contribution >= 4 is 12.0 Å². The van der Waals surface area contributed by atoms with E-state index in [1.165, 1.54) is 24.8 Å². The molecule has 69 valence electrons. The molecule has 0 spiro atoms. The number of rotatable bonds is 3. The van der Waals surface area contributed by atoms with Gasteiger partial charge in [-0.3, -0.25) is 0 Å². The highest BCUT2D eigenvalue weighted by atomic mass is 32.2. The first kappa shape index (κ1) is 9.10. The summed E-state index contributed by atoms with van der Waals surface area (Å²) in [6.45, 7) is 0. The van der Waals surface area contributed by atoms with Crippen LogP contribution in [-0.2, 0) is 8.93 Å². The molecule has 0 bridgehead atoms. The maximum Gasteiger partial charge on any atom is 0.0670 e. The molecule has 2 rings (SSSR count). The molecule has 0 N–H and O–H groups in total. The third kappa shape index (κ3) is 1.61. The molecule has 0 saturated heterocycles. The molecule has 13 heavy (non-hydrogen) atoms. The lowest BCUT2D eigenvalue weighted by molar-refractivity contribution is 0.344. The normalized spacial score (nSPS) is 19.5. The molecule has 1 aliphatic rings. The van der Waals surface area contributed by atoms with Gasteiger partial charge < -0.3 is 4.18 Å². The summed E-state index contributed by atoms with van der Waals surface area (Å²) in [5.41, 5.74) is 1.38. The van der Waals surface area contributed by atoms with Gasteiger partial charge in [0, 0.05) is 12.0 Å². The standard InChI is InChI=1S/C11H13OS/c1-12-13-11(8-5-9-11)10-6-3-2-4-7-10/h3-4,6-7H,5,8-9H2,1H3. The lowest BCUT2D eigenvalue weighted by Gasteiger charge is -2.40. The van der Waals surface area contributed by atoms with Gasteiger partial charge in [0.25, 0.3) is 0 Å². The maximum atomic E-state index is 5.21. The summed E-state index contributed by atoms with van der Waals surface area (Å²) in [5.74, 6) is 0. The Balaban J connectivity index is 2.22. The monoisotopic (exact) mass is 193 g/mol. The zero-order chi connectivity index (χ0) is 9.15. The zero-order valence-corrected chi connectivity index (χ0v) is 8.56. The van der Waals surface area contributed by atoms with Crippen LogP contribution in [-0.4, -0.2) is 7.11 Å². The second kappa shape index (κ2) is 3.72. The largest absolute Gasteiger partial charge is 0.318 e. The van der Waals surface area contributed by atoms with E-state index < -0.39 is 0 Å². The van der Waals surface area contributed by atoms with Crippen molar-refractivity contribution in [2.24, 2.45) is 0 Å². The quantitative estimate of drug-likeness (QED) is 0.682. The van der Waals surface area contributed by atoms with Crippen LogP contribution in [0, 0.1) is 6.07 Å². The predicted molar refractivity (Wildman–Crippen MR) is 55.4 cm³/mol. The Morgan fingerprint density at radius 2 is 2.08 bits per heavy atom. The van der Waals surface area contributed by atoms with Crippen molar-refractivity contribution in [2.45, 2.75) is 24.0 Å². The third-order valence-corrected chi connectivity index (χ3v) is 3.78. The molecule has 0 atom stereocenters. The molecule has 0 amide bonds. The Morgan fingerprint density at radius 1 is 1.38 bits per heavy atom. The molecular formula is C11H13OS. The smallest absolute Gasteiger partial charge is 0.0670 e. The van der Waals surface area contributed by atoms with E-state index in [-0.39, 0.29) is 4.75 Å². The van der Waals surface area contributed by atoms with Crippen LogP contribution >= 0.6 is 12.0 Å². The molecule has 1 aliphatic carbocycles. The Morgan fingerprint density at radius 3 is 2.54 bits per heavy atom. The summed E-state index contributed by atoms with van der Waals surface area (Å²) < 4.78 is 5.45. The van der Waals surface area contributed by atoms with Gasteiger partial charge in [0.05, 0.1) is 11.9 Å². The Hall–Kier alpha value is -0.470. The van der Waals surface area contributed by atoms with E-state index in [2.05, 4.69) is 18.2 Å². The van der Waals surface area contributed by atoms with Crippen molar-refractivity contribution in [1.29, 1.82) is 0 Å². The molecule has 1 aromatic rings. The first-order chi connectivity index (χ1) is 6.37. The minimum atomic E-state index is 0.240. The molecule has 1 radical (unpaired) electrons. The van der Waals surface area contributed by atoms with Gasteiger partial charge in [-0.15, -0.1) is 0 Å². The van der Waals surface area contributed by atoms with Crippen LogP contribution in [0.3, 0.4) is 0 Å². The van der Waals surface area contributed by atoms with E-state index in [0.717, 1.165) is 0 Å². The van der Waals surface area contributed by atoms with E-state index in [1.807, 2.05) is 12.1 Å². The minimum absolute atomic E-state index is 0.240. The lowest BCUT2D eigenvalue weighted by Crippen LogP contribution is -2.30. The van der Waals surface area contributed by atoms with Gasteiger partial charge in [-0.25, -0.2) is 0 Å². The van der Waals surface area contributed by atoms with E-state index in [4.69, 9.17) is 4.18 Å². The molecule has 0 heterocycles. The summed E-state index contributed by atoms with van der Waals surface area (Å²) in [7, 11) is 1.75. The second-order valence-electron chi connectivity index (χ2n) is 3.39. The second-order valence-corrected chi connectivity index (χ2v) is 4.67. The van der Waals surface area contributed by atoms with E-state index in [1.54, 1.807) is 19.2 Å². The highest BCUT2D eigenvalue weighted by molar-refractivity contribution is 7.95. The maximum absolute atomic E-state index is 5.21. The fourth-order valence-corrected chi connectivity index (χ4v) is 2.77. The van der Waals surface area contributed by atoms with E-state index in [9.17, 15) is 0 Å². The van der Waals surface area contributed by atoms with Crippen LogP contribution in [0.15, 0.2) is 24.3 Å². The third-order valence-electron chi connectivity index (χ3n) is 2.65. The number of benzene rings is 1. The van der Waals surface area contributed by atoms with Gasteiger partial charge in [0.1, 0.15) is 0 Å². The van der Waals surface area contributed by atoms with Crippen molar-refractivity contribution in [3.63, 3.8) is 0 Å². The van der Waals surface area contributed by atoms with Crippen LogP contribution in [0.4, 0.5) is 0 Å². The highest BCUT2D eigenvalue weighted by Gasteiger charge is 2.39. The minimum Gasteiger partial charge on any atom is -0.318 e. The van der Waals surface area contributed by atoms with Gasteiger partial charge in [-0.2, -0.15) is 0 Å². The van der Waals surface area contributed by atoms with Gasteiger partial charge in [0.15, 0.2) is 0 Å². The van der Waals surface area contributed by atoms with Crippen LogP contribution in [0.1, 0.15) is 24.8 Å². The first-order valence-corrected chi connectivity index (χ1v) is 5.30. The van der Waals surface area contributed by atoms with Crippen molar-refractivity contribution in [3.8, 4) is 0 Å². The molecule has 1 saturated carbocycles. The molecule has 1 aromatic carbocycles. The predicted octanol–water partition coefficient (Wildman–Crippen LogP) is 3.16. The molecule has 0 aliphatic heterocycles.